The number of nitrogens with one attached hydrogen (secondary N) is 1. The van der Waals surface area contributed by atoms with Crippen LogP contribution >= 0.6 is 0 Å². The second-order valence-electron chi connectivity index (χ2n) is 4.14. The van der Waals surface area contributed by atoms with E-state index in [0.717, 1.165) is 5.75 Å². The van der Waals surface area contributed by atoms with Crippen LogP contribution in [0.3, 0.4) is 0 Å². The Balaban J connectivity index is 2.45. The molecule has 1 unspecified atom stereocenters. The van der Waals surface area contributed by atoms with Crippen LogP contribution in [0.2, 0.25) is 0 Å². The van der Waals surface area contributed by atoms with E-state index in [4.69, 9.17) is 10.5 Å². The van der Waals surface area contributed by atoms with Crippen LogP contribution in [-0.2, 0) is 4.79 Å². The van der Waals surface area contributed by atoms with E-state index in [1.165, 1.54) is 0 Å². The second-order valence-corrected chi connectivity index (χ2v) is 4.14. The molecular weight excluding hydrogens is 216 g/mol. The molecule has 0 aliphatic carbocycles. The van der Waals surface area contributed by atoms with Crippen LogP contribution < -0.4 is 15.8 Å². The van der Waals surface area contributed by atoms with Gasteiger partial charge in [0, 0.05) is 6.42 Å². The molecule has 1 aromatic carbocycles. The lowest BCUT2D eigenvalue weighted by Gasteiger charge is -2.26. The van der Waals surface area contributed by atoms with Gasteiger partial charge in [0.25, 0.3) is 0 Å². The van der Waals surface area contributed by atoms with Crippen molar-refractivity contribution in [2.75, 3.05) is 13.2 Å². The standard InChI is InChI=1S/C13H20N2O2/c1-3-15-13(2,12(14)16)9-10-17-11-7-5-4-6-8-11/h4-8,15H,3,9-10H2,1-2H3,(H2,14,16). The molecule has 17 heavy (non-hydrogen) atoms. The van der Waals surface area contributed by atoms with Crippen LogP contribution in [0.25, 0.3) is 0 Å². The van der Waals surface area contributed by atoms with Gasteiger partial charge in [-0.15, -0.1) is 0 Å². The smallest absolute Gasteiger partial charge is 0.237 e. The lowest BCUT2D eigenvalue weighted by Crippen LogP contribution is -2.53. The maximum Gasteiger partial charge on any atom is 0.237 e. The highest BCUT2D eigenvalue weighted by atomic mass is 16.5. The molecule has 0 radical (unpaired) electrons. The lowest BCUT2D eigenvalue weighted by molar-refractivity contribution is -0.124. The molecule has 1 rings (SSSR count). The average molecular weight is 236 g/mol. The summed E-state index contributed by atoms with van der Waals surface area (Å²) in [4.78, 5) is 11.4. The van der Waals surface area contributed by atoms with Gasteiger partial charge in [-0.3, -0.25) is 4.79 Å². The molecule has 4 nitrogen and oxygen atoms in total. The first kappa shape index (κ1) is 13.5. The molecule has 4 heteroatoms. The fourth-order valence-corrected chi connectivity index (χ4v) is 1.58. The van der Waals surface area contributed by atoms with Crippen LogP contribution in [0, 0.1) is 0 Å². The van der Waals surface area contributed by atoms with Gasteiger partial charge in [0.2, 0.25) is 5.91 Å². The largest absolute Gasteiger partial charge is 0.494 e. The van der Waals surface area contributed by atoms with Gasteiger partial charge < -0.3 is 15.8 Å². The molecule has 1 amide bonds. The third kappa shape index (κ3) is 4.07. The number of likely N-dealkylation sites (N-methyl/N-ethyl adjacent to an activating group) is 1. The first-order valence-electron chi connectivity index (χ1n) is 5.81. The van der Waals surface area contributed by atoms with Crippen molar-refractivity contribution >= 4 is 5.91 Å². The van der Waals surface area contributed by atoms with Crippen molar-refractivity contribution in [3.63, 3.8) is 0 Å². The maximum absolute atomic E-state index is 11.4. The quantitative estimate of drug-likeness (QED) is 0.750. The Labute approximate surface area is 102 Å². The zero-order valence-corrected chi connectivity index (χ0v) is 10.4. The number of carbonyl (C=O) groups is 1. The number of carbonyl (C=O) groups excluding carboxylic acids is 1. The summed E-state index contributed by atoms with van der Waals surface area (Å²) in [7, 11) is 0. The summed E-state index contributed by atoms with van der Waals surface area (Å²) in [6, 6.07) is 9.52. The van der Waals surface area contributed by atoms with E-state index in [-0.39, 0.29) is 5.91 Å². The second kappa shape index (κ2) is 6.25. The molecule has 0 bridgehead atoms. The van der Waals surface area contributed by atoms with E-state index in [0.29, 0.717) is 19.6 Å². The molecule has 94 valence electrons. The summed E-state index contributed by atoms with van der Waals surface area (Å²) in [5, 5.41) is 3.09. The summed E-state index contributed by atoms with van der Waals surface area (Å²) in [5.74, 6) is 0.451. The number of rotatable bonds is 7. The minimum Gasteiger partial charge on any atom is -0.494 e. The molecule has 0 saturated heterocycles. The highest BCUT2D eigenvalue weighted by Crippen LogP contribution is 2.13. The molecule has 0 aromatic heterocycles. The monoisotopic (exact) mass is 236 g/mol. The summed E-state index contributed by atoms with van der Waals surface area (Å²) in [6.07, 6.45) is 0.547. The van der Waals surface area contributed by atoms with Gasteiger partial charge in [-0.05, 0) is 25.6 Å². The Morgan fingerprint density at radius 2 is 2.06 bits per heavy atom. The fourth-order valence-electron chi connectivity index (χ4n) is 1.58. The van der Waals surface area contributed by atoms with E-state index in [1.807, 2.05) is 37.3 Å². The number of para-hydroxylation sites is 1. The minimum absolute atomic E-state index is 0.351. The molecule has 3 N–H and O–H groups in total. The molecule has 0 saturated carbocycles. The number of amides is 1. The van der Waals surface area contributed by atoms with Crippen molar-refractivity contribution in [2.24, 2.45) is 5.73 Å². The van der Waals surface area contributed by atoms with Crippen LogP contribution in [0.4, 0.5) is 0 Å². The van der Waals surface area contributed by atoms with E-state index < -0.39 is 5.54 Å². The Kier molecular flexibility index (Phi) is 4.97. The number of primary amides is 1. The Morgan fingerprint density at radius 1 is 1.41 bits per heavy atom. The molecule has 0 aliphatic rings. The molecule has 0 fully saturated rings. The van der Waals surface area contributed by atoms with Gasteiger partial charge in [-0.2, -0.15) is 0 Å². The highest BCUT2D eigenvalue weighted by Gasteiger charge is 2.29. The van der Waals surface area contributed by atoms with Gasteiger partial charge in [0.15, 0.2) is 0 Å². The van der Waals surface area contributed by atoms with Crippen LogP contribution in [0.5, 0.6) is 5.75 Å². The van der Waals surface area contributed by atoms with Crippen molar-refractivity contribution in [1.82, 2.24) is 5.32 Å². The van der Waals surface area contributed by atoms with E-state index in [2.05, 4.69) is 5.32 Å². The molecule has 0 aliphatic heterocycles. The number of hydrogen-bond acceptors (Lipinski definition) is 3. The van der Waals surface area contributed by atoms with Gasteiger partial charge in [0.1, 0.15) is 5.75 Å². The summed E-state index contributed by atoms with van der Waals surface area (Å²) < 4.78 is 5.55. The first-order valence-corrected chi connectivity index (χ1v) is 5.81. The minimum atomic E-state index is -0.705. The Bertz CT molecular complexity index is 354. The predicted molar refractivity (Wildman–Crippen MR) is 67.8 cm³/mol. The van der Waals surface area contributed by atoms with Crippen molar-refractivity contribution < 1.29 is 9.53 Å². The Hall–Kier alpha value is -1.55. The number of ether oxygens (including phenoxy) is 1. The van der Waals surface area contributed by atoms with Crippen molar-refractivity contribution in [2.45, 2.75) is 25.8 Å². The van der Waals surface area contributed by atoms with Gasteiger partial charge in [0.05, 0.1) is 12.1 Å². The molecule has 0 spiro atoms. The fraction of sp³-hybridized carbons (Fsp3) is 0.462. The highest BCUT2D eigenvalue weighted by molar-refractivity contribution is 5.84. The number of benzene rings is 1. The topological polar surface area (TPSA) is 64.3 Å². The molecule has 1 aromatic rings. The number of nitrogens with two attached hydrogens (primary N) is 1. The SMILES string of the molecule is CCNC(C)(CCOc1ccccc1)C(N)=O. The molecule has 1 atom stereocenters. The van der Waals surface area contributed by atoms with E-state index >= 15 is 0 Å². The van der Waals surface area contributed by atoms with E-state index in [9.17, 15) is 4.79 Å². The molecule has 0 heterocycles. The Morgan fingerprint density at radius 3 is 2.59 bits per heavy atom. The summed E-state index contributed by atoms with van der Waals surface area (Å²) in [6.45, 7) is 4.90. The normalized spacial score (nSPS) is 14.0. The summed E-state index contributed by atoms with van der Waals surface area (Å²) in [5.41, 5.74) is 4.67. The maximum atomic E-state index is 11.4. The molecular formula is C13H20N2O2. The van der Waals surface area contributed by atoms with E-state index in [1.54, 1.807) is 6.92 Å². The predicted octanol–water partition coefficient (Wildman–Crippen LogP) is 1.31. The third-order valence-corrected chi connectivity index (χ3v) is 2.72. The first-order chi connectivity index (χ1) is 8.08. The van der Waals surface area contributed by atoms with Crippen LogP contribution in [0.15, 0.2) is 30.3 Å². The van der Waals surface area contributed by atoms with Crippen LogP contribution in [0.1, 0.15) is 20.3 Å². The average Bonchev–Trinajstić information content (AvgIpc) is 2.30. The zero-order valence-electron chi connectivity index (χ0n) is 10.4. The van der Waals surface area contributed by atoms with Crippen molar-refractivity contribution in [3.05, 3.63) is 30.3 Å². The van der Waals surface area contributed by atoms with Gasteiger partial charge >= 0.3 is 0 Å². The zero-order chi connectivity index (χ0) is 12.7. The lowest BCUT2D eigenvalue weighted by atomic mass is 9.97. The van der Waals surface area contributed by atoms with Gasteiger partial charge in [-0.1, -0.05) is 25.1 Å². The van der Waals surface area contributed by atoms with Crippen molar-refractivity contribution in [3.8, 4) is 5.75 Å². The van der Waals surface area contributed by atoms with Gasteiger partial charge in [-0.25, -0.2) is 0 Å². The summed E-state index contributed by atoms with van der Waals surface area (Å²) >= 11 is 0. The van der Waals surface area contributed by atoms with Crippen molar-refractivity contribution in [1.29, 1.82) is 0 Å². The van der Waals surface area contributed by atoms with Crippen LogP contribution in [-0.4, -0.2) is 24.6 Å². The third-order valence-electron chi connectivity index (χ3n) is 2.72. The number of hydrogen-bond donors (Lipinski definition) is 2.